The number of rotatable bonds is 6. The van der Waals surface area contributed by atoms with Gasteiger partial charge in [0.1, 0.15) is 5.54 Å². The summed E-state index contributed by atoms with van der Waals surface area (Å²) in [6.45, 7) is 2.76. The molecule has 1 aromatic carbocycles. The second-order valence-electron chi connectivity index (χ2n) is 6.38. The first kappa shape index (κ1) is 14.5. The van der Waals surface area contributed by atoms with Crippen molar-refractivity contribution in [3.63, 3.8) is 0 Å². The highest BCUT2D eigenvalue weighted by Gasteiger charge is 2.44. The maximum absolute atomic E-state index is 11.6. The molecule has 3 rings (SSSR count). The topological polar surface area (TPSA) is 52.6 Å². The highest BCUT2D eigenvalue weighted by Crippen LogP contribution is 2.29. The lowest BCUT2D eigenvalue weighted by Gasteiger charge is -2.39. The molecule has 0 aromatic heterocycles. The standard InChI is InChI=1S/C17H24N2O2/c20-16(21)17(18-15-6-7-15)9-12-19(13-10-17)11-8-14-4-2-1-3-5-14/h1-5,15,18H,6-13H2,(H,20,21). The minimum Gasteiger partial charge on any atom is -0.480 e. The van der Waals surface area contributed by atoms with E-state index in [-0.39, 0.29) is 0 Å². The van der Waals surface area contributed by atoms with Crippen molar-refractivity contribution in [2.24, 2.45) is 0 Å². The minimum absolute atomic E-state index is 0.442. The predicted molar refractivity (Wildman–Crippen MR) is 82.3 cm³/mol. The van der Waals surface area contributed by atoms with Gasteiger partial charge < -0.3 is 10.0 Å². The summed E-state index contributed by atoms with van der Waals surface area (Å²) in [5.41, 5.74) is 0.674. The molecule has 0 spiro atoms. The van der Waals surface area contributed by atoms with Gasteiger partial charge >= 0.3 is 5.97 Å². The second-order valence-corrected chi connectivity index (χ2v) is 6.38. The fraction of sp³-hybridized carbons (Fsp3) is 0.588. The van der Waals surface area contributed by atoms with Gasteiger partial charge in [-0.1, -0.05) is 30.3 Å². The Balaban J connectivity index is 1.50. The van der Waals surface area contributed by atoms with E-state index in [2.05, 4.69) is 34.5 Å². The molecule has 4 nitrogen and oxygen atoms in total. The first-order chi connectivity index (χ1) is 10.2. The summed E-state index contributed by atoms with van der Waals surface area (Å²) in [5.74, 6) is -0.669. The van der Waals surface area contributed by atoms with E-state index in [0.717, 1.165) is 38.9 Å². The van der Waals surface area contributed by atoms with E-state index >= 15 is 0 Å². The van der Waals surface area contributed by atoms with Crippen molar-refractivity contribution in [2.45, 2.75) is 43.7 Å². The van der Waals surface area contributed by atoms with E-state index < -0.39 is 11.5 Å². The smallest absolute Gasteiger partial charge is 0.324 e. The van der Waals surface area contributed by atoms with E-state index in [1.165, 1.54) is 5.56 Å². The first-order valence-corrected chi connectivity index (χ1v) is 7.95. The zero-order valence-electron chi connectivity index (χ0n) is 12.4. The summed E-state index contributed by atoms with van der Waals surface area (Å²) in [7, 11) is 0. The molecular formula is C17H24N2O2. The van der Waals surface area contributed by atoms with Crippen molar-refractivity contribution in [1.82, 2.24) is 10.2 Å². The number of hydrogen-bond acceptors (Lipinski definition) is 3. The molecule has 0 amide bonds. The summed E-state index contributed by atoms with van der Waals surface area (Å²) in [6, 6.07) is 10.9. The third-order valence-corrected chi connectivity index (χ3v) is 4.74. The van der Waals surface area contributed by atoms with Gasteiger partial charge in [-0.2, -0.15) is 0 Å². The molecule has 0 bridgehead atoms. The highest BCUT2D eigenvalue weighted by molar-refractivity contribution is 5.79. The summed E-state index contributed by atoms with van der Waals surface area (Å²) in [6.07, 6.45) is 4.73. The molecule has 0 unspecified atom stereocenters. The van der Waals surface area contributed by atoms with Gasteiger partial charge in [-0.3, -0.25) is 10.1 Å². The van der Waals surface area contributed by atoms with Crippen LogP contribution in [0.15, 0.2) is 30.3 Å². The Kier molecular flexibility index (Phi) is 4.27. The van der Waals surface area contributed by atoms with Crippen molar-refractivity contribution < 1.29 is 9.90 Å². The molecule has 1 aliphatic carbocycles. The molecule has 1 heterocycles. The quantitative estimate of drug-likeness (QED) is 0.839. The molecule has 1 saturated heterocycles. The second kappa shape index (κ2) is 6.16. The Morgan fingerprint density at radius 2 is 1.90 bits per heavy atom. The SMILES string of the molecule is O=C(O)C1(NC2CC2)CCN(CCc2ccccc2)CC1. The molecule has 1 aromatic rings. The van der Waals surface area contributed by atoms with Crippen LogP contribution in [0.5, 0.6) is 0 Å². The number of carboxylic acid groups (broad SMARTS) is 1. The first-order valence-electron chi connectivity index (χ1n) is 7.95. The van der Waals surface area contributed by atoms with Crippen LogP contribution < -0.4 is 5.32 Å². The molecule has 1 aliphatic heterocycles. The van der Waals surface area contributed by atoms with Crippen molar-refractivity contribution in [2.75, 3.05) is 19.6 Å². The number of aliphatic carboxylic acids is 1. The average molecular weight is 288 g/mol. The molecule has 2 N–H and O–H groups in total. The fourth-order valence-corrected chi connectivity index (χ4v) is 3.13. The Bertz CT molecular complexity index is 477. The third-order valence-electron chi connectivity index (χ3n) is 4.74. The van der Waals surface area contributed by atoms with Gasteiger partial charge in [0.15, 0.2) is 0 Å². The van der Waals surface area contributed by atoms with Gasteiger partial charge in [0.2, 0.25) is 0 Å². The van der Waals surface area contributed by atoms with Crippen molar-refractivity contribution >= 4 is 5.97 Å². The molecule has 1 saturated carbocycles. The average Bonchev–Trinajstić information content (AvgIpc) is 3.31. The van der Waals surface area contributed by atoms with Crippen LogP contribution in [0.3, 0.4) is 0 Å². The normalized spacial score (nSPS) is 22.1. The van der Waals surface area contributed by atoms with Crippen molar-refractivity contribution in [3.05, 3.63) is 35.9 Å². The van der Waals surface area contributed by atoms with Crippen LogP contribution in [0.4, 0.5) is 0 Å². The molecule has 0 radical (unpaired) electrons. The van der Waals surface area contributed by atoms with Gasteiger partial charge in [0, 0.05) is 25.7 Å². The Morgan fingerprint density at radius 1 is 1.24 bits per heavy atom. The van der Waals surface area contributed by atoms with Crippen molar-refractivity contribution in [1.29, 1.82) is 0 Å². The van der Waals surface area contributed by atoms with Crippen LogP contribution in [-0.4, -0.2) is 47.2 Å². The predicted octanol–water partition coefficient (Wildman–Crippen LogP) is 1.90. The maximum Gasteiger partial charge on any atom is 0.324 e. The van der Waals surface area contributed by atoms with Gasteiger partial charge in [0.25, 0.3) is 0 Å². The van der Waals surface area contributed by atoms with Crippen LogP contribution in [0, 0.1) is 0 Å². The molecular weight excluding hydrogens is 264 g/mol. The summed E-state index contributed by atoms with van der Waals surface area (Å²) < 4.78 is 0. The van der Waals surface area contributed by atoms with Crippen molar-refractivity contribution in [3.8, 4) is 0 Å². The summed E-state index contributed by atoms with van der Waals surface area (Å²) in [5, 5.41) is 13.0. The molecule has 114 valence electrons. The van der Waals surface area contributed by atoms with Gasteiger partial charge in [-0.25, -0.2) is 0 Å². The van der Waals surface area contributed by atoms with E-state index in [1.54, 1.807) is 0 Å². The lowest BCUT2D eigenvalue weighted by atomic mass is 9.87. The number of hydrogen-bond donors (Lipinski definition) is 2. The Labute approximate surface area is 126 Å². The van der Waals surface area contributed by atoms with Gasteiger partial charge in [-0.15, -0.1) is 0 Å². The van der Waals surface area contributed by atoms with Crippen LogP contribution in [0.2, 0.25) is 0 Å². The van der Waals surface area contributed by atoms with Crippen LogP contribution in [0.25, 0.3) is 0 Å². The number of carboxylic acids is 1. The van der Waals surface area contributed by atoms with Crippen LogP contribution in [-0.2, 0) is 11.2 Å². The maximum atomic E-state index is 11.6. The zero-order chi connectivity index (χ0) is 14.7. The van der Waals surface area contributed by atoms with Crippen LogP contribution in [0.1, 0.15) is 31.2 Å². The minimum atomic E-state index is -0.676. The summed E-state index contributed by atoms with van der Waals surface area (Å²) >= 11 is 0. The molecule has 21 heavy (non-hydrogen) atoms. The number of likely N-dealkylation sites (tertiary alicyclic amines) is 1. The highest BCUT2D eigenvalue weighted by atomic mass is 16.4. The fourth-order valence-electron chi connectivity index (χ4n) is 3.13. The van der Waals surface area contributed by atoms with Gasteiger partial charge in [0.05, 0.1) is 0 Å². The zero-order valence-corrected chi connectivity index (χ0v) is 12.4. The number of piperidine rings is 1. The van der Waals surface area contributed by atoms with E-state index in [9.17, 15) is 9.90 Å². The Morgan fingerprint density at radius 3 is 2.48 bits per heavy atom. The number of nitrogens with zero attached hydrogens (tertiary/aromatic N) is 1. The third kappa shape index (κ3) is 3.63. The van der Waals surface area contributed by atoms with E-state index in [1.807, 2.05) is 6.07 Å². The van der Waals surface area contributed by atoms with E-state index in [4.69, 9.17) is 0 Å². The van der Waals surface area contributed by atoms with E-state index in [0.29, 0.717) is 18.9 Å². The Hall–Kier alpha value is -1.39. The largest absolute Gasteiger partial charge is 0.480 e. The summed E-state index contributed by atoms with van der Waals surface area (Å²) in [4.78, 5) is 14.0. The molecule has 2 aliphatic rings. The monoisotopic (exact) mass is 288 g/mol. The molecule has 0 atom stereocenters. The number of benzene rings is 1. The number of nitrogens with one attached hydrogen (secondary N) is 1. The lowest BCUT2D eigenvalue weighted by Crippen LogP contribution is -2.59. The van der Waals surface area contributed by atoms with Crippen LogP contribution >= 0.6 is 0 Å². The lowest BCUT2D eigenvalue weighted by molar-refractivity contribution is -0.147. The number of carbonyl (C=O) groups is 1. The van der Waals surface area contributed by atoms with Gasteiger partial charge in [-0.05, 0) is 37.7 Å². The molecule has 4 heteroatoms. The molecule has 2 fully saturated rings.